The van der Waals surface area contributed by atoms with Crippen LogP contribution < -0.4 is 37.0 Å². The number of cyclic esters (lactones) is 1. The van der Waals surface area contributed by atoms with Gasteiger partial charge in [0.15, 0.2) is 5.60 Å². The van der Waals surface area contributed by atoms with Crippen LogP contribution in [0.15, 0.2) is 83.7 Å². The Bertz CT molecular complexity index is 3270. The fourth-order valence-electron chi connectivity index (χ4n) is 10.0. The Kier molecular flexibility index (Phi) is 14.8. The number of nitrogens with one attached hydrogen (secondary N) is 5. The number of fused-ring (bicyclic) bond motifs is 5. The number of anilines is 1. The SMILES string of the molecule is CC[C@@]1(O)C(=O)OCc2c1cc1n(c2=O)Cc2c-1nc1cc(F)c(C)c3c1c2[C@@H](COCNC(=O)CNC(=O)[C@H](Cc1ccccc1)NC(=O)CNC(=O)CNC(=O)CCc1ccc(N2C(=O)C=CC2=O)cc1)CC3. The average Bonchev–Trinajstić information content (AvgIpc) is 3.96. The van der Waals surface area contributed by atoms with Crippen molar-refractivity contribution in [3.63, 3.8) is 0 Å². The number of esters is 1. The van der Waals surface area contributed by atoms with Crippen LogP contribution in [-0.2, 0) is 85.8 Å². The number of aryl methyl sites for hydroxylation is 2. The molecule has 20 nitrogen and oxygen atoms in total. The first-order valence-electron chi connectivity index (χ1n) is 24.5. The van der Waals surface area contributed by atoms with E-state index in [1.165, 1.54) is 22.8 Å². The van der Waals surface area contributed by atoms with Gasteiger partial charge >= 0.3 is 5.97 Å². The predicted molar refractivity (Wildman–Crippen MR) is 267 cm³/mol. The minimum absolute atomic E-state index is 0.0263. The van der Waals surface area contributed by atoms with Gasteiger partial charge in [-0.3, -0.25) is 38.4 Å². The zero-order valence-corrected chi connectivity index (χ0v) is 41.0. The minimum Gasteiger partial charge on any atom is -0.458 e. The van der Waals surface area contributed by atoms with Crippen molar-refractivity contribution in [3.05, 3.63) is 140 Å². The van der Waals surface area contributed by atoms with E-state index in [1.807, 2.05) is 0 Å². The van der Waals surface area contributed by atoms with Gasteiger partial charge in [0.05, 0.1) is 60.9 Å². The quantitative estimate of drug-likeness (QED) is 0.0293. The van der Waals surface area contributed by atoms with Crippen LogP contribution in [0.4, 0.5) is 10.1 Å². The zero-order valence-electron chi connectivity index (χ0n) is 41.0. The van der Waals surface area contributed by atoms with Gasteiger partial charge in [0.2, 0.25) is 29.5 Å². The number of carbonyl (C=O) groups excluding carboxylic acids is 8. The molecule has 5 heterocycles. The number of nitrogens with zero attached hydrogens (tertiary/aromatic N) is 3. The van der Waals surface area contributed by atoms with E-state index >= 15 is 4.39 Å². The van der Waals surface area contributed by atoms with Gasteiger partial charge in [0.25, 0.3) is 17.4 Å². The lowest BCUT2D eigenvalue weighted by atomic mass is 9.78. The molecule has 1 aliphatic carbocycles. The smallest absolute Gasteiger partial charge is 0.343 e. The van der Waals surface area contributed by atoms with Gasteiger partial charge in [-0.25, -0.2) is 19.1 Å². The van der Waals surface area contributed by atoms with Crippen LogP contribution in [0, 0.1) is 12.7 Å². The van der Waals surface area contributed by atoms with Crippen LogP contribution >= 0.6 is 0 Å². The van der Waals surface area contributed by atoms with E-state index in [0.29, 0.717) is 53.0 Å². The summed E-state index contributed by atoms with van der Waals surface area (Å²) in [5.74, 6) is -5.47. The fourth-order valence-corrected chi connectivity index (χ4v) is 10.0. The van der Waals surface area contributed by atoms with Gasteiger partial charge in [-0.1, -0.05) is 49.4 Å². The van der Waals surface area contributed by atoms with Gasteiger partial charge in [-0.15, -0.1) is 0 Å². The molecule has 6 N–H and O–H groups in total. The molecule has 0 radical (unpaired) electrons. The number of ether oxygens (including phenoxy) is 2. The van der Waals surface area contributed by atoms with Crippen molar-refractivity contribution in [2.45, 2.75) is 83.1 Å². The van der Waals surface area contributed by atoms with Crippen molar-refractivity contribution in [1.29, 1.82) is 0 Å². The van der Waals surface area contributed by atoms with Gasteiger partial charge < -0.3 is 45.7 Å². The first-order chi connectivity index (χ1) is 36.0. The Morgan fingerprint density at radius 1 is 0.853 bits per heavy atom. The molecule has 388 valence electrons. The fraction of sp³-hybridized carbons (Fsp3) is 0.333. The molecule has 9 rings (SSSR count). The van der Waals surface area contributed by atoms with Crippen LogP contribution in [0.3, 0.4) is 0 Å². The van der Waals surface area contributed by atoms with E-state index in [0.717, 1.165) is 32.5 Å². The molecule has 0 saturated carbocycles. The number of imide groups is 1. The molecule has 4 aliphatic rings. The summed E-state index contributed by atoms with van der Waals surface area (Å²) in [5.41, 5.74) is 3.82. The molecular weight excluding hydrogens is 972 g/mol. The van der Waals surface area contributed by atoms with E-state index in [9.17, 15) is 48.3 Å². The Morgan fingerprint density at radius 2 is 1.55 bits per heavy atom. The second kappa shape index (κ2) is 21.6. The van der Waals surface area contributed by atoms with Crippen molar-refractivity contribution in [2.24, 2.45) is 0 Å². The molecular formula is C54H53FN8O12. The van der Waals surface area contributed by atoms with Crippen molar-refractivity contribution in [1.82, 2.24) is 36.1 Å². The van der Waals surface area contributed by atoms with Crippen molar-refractivity contribution < 1.29 is 57.3 Å². The maximum Gasteiger partial charge on any atom is 0.343 e. The summed E-state index contributed by atoms with van der Waals surface area (Å²) in [6.07, 6.45) is 3.82. The molecule has 3 atom stereocenters. The monoisotopic (exact) mass is 1020 g/mol. The van der Waals surface area contributed by atoms with Crippen molar-refractivity contribution >= 4 is 63.9 Å². The minimum atomic E-state index is -2.02. The van der Waals surface area contributed by atoms with E-state index < -0.39 is 90.0 Å². The van der Waals surface area contributed by atoms with Crippen molar-refractivity contribution in [2.75, 3.05) is 37.9 Å². The Labute approximate surface area is 428 Å². The van der Waals surface area contributed by atoms with Gasteiger partial charge in [0.1, 0.15) is 25.2 Å². The molecule has 0 saturated heterocycles. The molecule has 0 fully saturated rings. The van der Waals surface area contributed by atoms with E-state index in [-0.39, 0.29) is 62.8 Å². The van der Waals surface area contributed by atoms with Crippen LogP contribution in [0.5, 0.6) is 0 Å². The number of pyridine rings is 2. The highest BCUT2D eigenvalue weighted by Crippen LogP contribution is 2.46. The third-order valence-corrected chi connectivity index (χ3v) is 14.1. The number of amides is 7. The predicted octanol–water partition coefficient (Wildman–Crippen LogP) is 1.79. The topological polar surface area (TPSA) is 274 Å². The maximum absolute atomic E-state index is 15.4. The third kappa shape index (κ3) is 10.5. The summed E-state index contributed by atoms with van der Waals surface area (Å²) in [4.78, 5) is 121. The van der Waals surface area contributed by atoms with Gasteiger partial charge in [0, 0.05) is 53.5 Å². The van der Waals surface area contributed by atoms with Gasteiger partial charge in [-0.2, -0.15) is 0 Å². The molecule has 0 bridgehead atoms. The van der Waals surface area contributed by atoms with Crippen LogP contribution in [0.25, 0.3) is 22.3 Å². The normalized spacial score (nSPS) is 17.4. The molecule has 7 amide bonds. The van der Waals surface area contributed by atoms with Crippen LogP contribution in [-0.4, -0.2) is 101 Å². The molecule has 3 aromatic carbocycles. The number of hydrogen-bond donors (Lipinski definition) is 6. The summed E-state index contributed by atoms with van der Waals surface area (Å²) < 4.78 is 28.2. The number of benzene rings is 3. The largest absolute Gasteiger partial charge is 0.458 e. The Morgan fingerprint density at radius 3 is 2.28 bits per heavy atom. The first kappa shape index (κ1) is 51.5. The molecule has 75 heavy (non-hydrogen) atoms. The first-order valence-corrected chi connectivity index (χ1v) is 24.5. The standard InChI is InChI=1S/C54H53FN8O12/c1-3-54(73)37-20-41-50-35(25-62(41)52(71)36(37)27-75-53(54)72)48-32(12-15-34-29(2)38(55)21-39(61-50)49(34)48)26-74-28-59-44(66)23-58-51(70)40(19-31-7-5-4-6-8-31)60-45(67)24-57-43(65)22-56-42(64)16-11-30-9-13-33(14-10-30)63-46(68)17-18-47(63)69/h4-10,13-14,17-18,20-21,32,40,73H,3,11-12,15-16,19,22-28H2,1-2H3,(H,56,64)(H,57,65)(H,58,70)(H,59,66)(H,60,67)/t32-,40+,54+/m1/s1. The summed E-state index contributed by atoms with van der Waals surface area (Å²) in [7, 11) is 0. The highest BCUT2D eigenvalue weighted by molar-refractivity contribution is 6.28. The molecule has 21 heteroatoms. The maximum atomic E-state index is 15.4. The number of halogens is 1. The lowest BCUT2D eigenvalue weighted by molar-refractivity contribution is -0.172. The summed E-state index contributed by atoms with van der Waals surface area (Å²) >= 11 is 0. The molecule has 0 unspecified atom stereocenters. The number of aliphatic hydroxyl groups is 1. The lowest BCUT2D eigenvalue weighted by Gasteiger charge is -2.31. The average molecular weight is 1030 g/mol. The van der Waals surface area contributed by atoms with Crippen molar-refractivity contribution in [3.8, 4) is 11.4 Å². The number of carbonyl (C=O) groups is 8. The Balaban J connectivity index is 0.765. The lowest BCUT2D eigenvalue weighted by Crippen LogP contribution is -2.52. The summed E-state index contributed by atoms with van der Waals surface area (Å²) in [5, 5.41) is 24.8. The second-order valence-corrected chi connectivity index (χ2v) is 18.8. The molecule has 0 spiro atoms. The van der Waals surface area contributed by atoms with E-state index in [1.54, 1.807) is 74.5 Å². The van der Waals surface area contributed by atoms with Crippen LogP contribution in [0.1, 0.15) is 76.6 Å². The second-order valence-electron chi connectivity index (χ2n) is 18.8. The molecule has 5 aromatic rings. The van der Waals surface area contributed by atoms with Gasteiger partial charge in [-0.05, 0) is 78.6 Å². The molecule has 2 aromatic heterocycles. The Hall–Kier alpha value is -8.43. The third-order valence-electron chi connectivity index (χ3n) is 14.1. The molecule has 3 aliphatic heterocycles. The highest BCUT2D eigenvalue weighted by Gasteiger charge is 2.46. The zero-order chi connectivity index (χ0) is 53.1. The number of hydrogen-bond acceptors (Lipinski definition) is 13. The summed E-state index contributed by atoms with van der Waals surface area (Å²) in [6.45, 7) is 1.65. The highest BCUT2D eigenvalue weighted by atomic mass is 19.1. The van der Waals surface area contributed by atoms with E-state index in [4.69, 9.17) is 14.5 Å². The summed E-state index contributed by atoms with van der Waals surface area (Å²) in [6, 6.07) is 17.3. The number of rotatable bonds is 19. The number of aromatic nitrogens is 2. The van der Waals surface area contributed by atoms with Crippen LogP contribution in [0.2, 0.25) is 0 Å². The van der Waals surface area contributed by atoms with E-state index in [2.05, 4.69) is 26.6 Å².